The normalized spacial score (nSPS) is 20.6. The maximum Gasteiger partial charge on any atom is 0.151 e. The van der Waals surface area contributed by atoms with Gasteiger partial charge in [0.05, 0.1) is 11.7 Å². The molecule has 0 bridgehead atoms. The van der Waals surface area contributed by atoms with Gasteiger partial charge >= 0.3 is 0 Å². The van der Waals surface area contributed by atoms with E-state index in [-0.39, 0.29) is 17.6 Å². The molecule has 2 aliphatic carbocycles. The maximum atomic E-state index is 12.9. The molecule has 28 heavy (non-hydrogen) atoms. The Morgan fingerprint density at radius 1 is 1.21 bits per heavy atom. The summed E-state index contributed by atoms with van der Waals surface area (Å²) < 4.78 is 12.9. The number of anilines is 1. The molecular formula is C23H30FN3O. The Morgan fingerprint density at radius 2 is 1.93 bits per heavy atom. The molecule has 2 aliphatic rings. The van der Waals surface area contributed by atoms with Crippen molar-refractivity contribution in [2.75, 3.05) is 5.32 Å². The van der Waals surface area contributed by atoms with Gasteiger partial charge in [0.2, 0.25) is 0 Å². The van der Waals surface area contributed by atoms with Crippen molar-refractivity contribution in [3.05, 3.63) is 42.5 Å². The van der Waals surface area contributed by atoms with Crippen LogP contribution in [0.25, 0.3) is 11.3 Å². The number of carbonyl (C=O) groups is 1. The Morgan fingerprint density at radius 3 is 2.50 bits per heavy atom. The molecule has 2 aromatic rings. The largest absolute Gasteiger partial charge is 0.360 e. The lowest BCUT2D eigenvalue weighted by Gasteiger charge is -2.25. The van der Waals surface area contributed by atoms with E-state index in [2.05, 4.69) is 22.2 Å². The van der Waals surface area contributed by atoms with Crippen molar-refractivity contribution in [3.63, 3.8) is 0 Å². The van der Waals surface area contributed by atoms with Gasteiger partial charge in [0.15, 0.2) is 5.78 Å². The fourth-order valence-electron chi connectivity index (χ4n) is 3.94. The van der Waals surface area contributed by atoms with Gasteiger partial charge in [-0.15, -0.1) is 0 Å². The number of ketones is 1. The lowest BCUT2D eigenvalue weighted by atomic mass is 9.80. The van der Waals surface area contributed by atoms with E-state index in [4.69, 9.17) is 0 Å². The summed E-state index contributed by atoms with van der Waals surface area (Å²) in [4.78, 5) is 19.4. The summed E-state index contributed by atoms with van der Waals surface area (Å²) in [6, 6.07) is 7.47. The number of benzene rings is 1. The first-order valence-corrected chi connectivity index (χ1v) is 10.2. The van der Waals surface area contributed by atoms with E-state index in [1.54, 1.807) is 50.8 Å². The molecule has 1 spiro atoms. The lowest BCUT2D eigenvalue weighted by Crippen LogP contribution is -2.23. The van der Waals surface area contributed by atoms with E-state index in [9.17, 15) is 9.18 Å². The van der Waals surface area contributed by atoms with Crippen LogP contribution in [-0.2, 0) is 4.79 Å². The fourth-order valence-corrected chi connectivity index (χ4v) is 3.94. The SMILES string of the molecule is CC(=O)[C@@H](C)Nc1cc(-c2ccc(F)cc2)ncn1.CC1CCCC2(CC2)C1. The second kappa shape index (κ2) is 8.80. The number of rotatable bonds is 4. The zero-order valence-electron chi connectivity index (χ0n) is 17.0. The highest BCUT2D eigenvalue weighted by molar-refractivity contribution is 5.83. The van der Waals surface area contributed by atoms with Crippen molar-refractivity contribution in [1.29, 1.82) is 0 Å². The molecule has 2 atom stereocenters. The van der Waals surface area contributed by atoms with Gasteiger partial charge in [-0.3, -0.25) is 4.79 Å². The topological polar surface area (TPSA) is 54.9 Å². The molecular weight excluding hydrogens is 353 g/mol. The molecule has 1 aromatic heterocycles. The third-order valence-corrected chi connectivity index (χ3v) is 5.92. The zero-order chi connectivity index (χ0) is 20.1. The third-order valence-electron chi connectivity index (χ3n) is 5.92. The van der Waals surface area contributed by atoms with E-state index in [0.29, 0.717) is 11.5 Å². The van der Waals surface area contributed by atoms with Crippen LogP contribution in [0.4, 0.5) is 10.2 Å². The first kappa shape index (κ1) is 20.4. The smallest absolute Gasteiger partial charge is 0.151 e. The number of hydrogen-bond acceptors (Lipinski definition) is 4. The highest BCUT2D eigenvalue weighted by atomic mass is 19.1. The molecule has 2 saturated carbocycles. The molecule has 5 heteroatoms. The maximum absolute atomic E-state index is 12.9. The average molecular weight is 384 g/mol. The minimum Gasteiger partial charge on any atom is -0.360 e. The summed E-state index contributed by atoms with van der Waals surface area (Å²) in [5, 5.41) is 2.99. The highest BCUT2D eigenvalue weighted by Crippen LogP contribution is 2.57. The van der Waals surface area contributed by atoms with Crippen LogP contribution in [0.5, 0.6) is 0 Å². The summed E-state index contributed by atoms with van der Waals surface area (Å²) in [6.07, 6.45) is 10.6. The van der Waals surface area contributed by atoms with Crippen molar-refractivity contribution in [1.82, 2.24) is 9.97 Å². The van der Waals surface area contributed by atoms with Gasteiger partial charge in [0.1, 0.15) is 18.0 Å². The second-order valence-electron chi connectivity index (χ2n) is 8.47. The van der Waals surface area contributed by atoms with Crippen LogP contribution in [0.3, 0.4) is 0 Å². The predicted octanol–water partition coefficient (Wildman–Crippen LogP) is 5.65. The van der Waals surface area contributed by atoms with Crippen LogP contribution < -0.4 is 5.32 Å². The number of Topliss-reactive ketones (excluding diaryl/α,β-unsaturated/α-hetero) is 1. The Bertz CT molecular complexity index is 802. The van der Waals surface area contributed by atoms with Crippen LogP contribution in [0.1, 0.15) is 59.3 Å². The van der Waals surface area contributed by atoms with E-state index in [1.807, 2.05) is 0 Å². The number of nitrogens with zero attached hydrogens (tertiary/aromatic N) is 2. The van der Waals surface area contributed by atoms with Gasteiger partial charge in [0, 0.05) is 11.6 Å². The van der Waals surface area contributed by atoms with Crippen molar-refractivity contribution < 1.29 is 9.18 Å². The van der Waals surface area contributed by atoms with Gasteiger partial charge in [-0.1, -0.05) is 19.8 Å². The van der Waals surface area contributed by atoms with Gasteiger partial charge in [-0.05, 0) is 75.1 Å². The number of carbonyl (C=O) groups excluding carboxylic acids is 1. The zero-order valence-corrected chi connectivity index (χ0v) is 17.0. The van der Waals surface area contributed by atoms with Gasteiger partial charge in [0.25, 0.3) is 0 Å². The molecule has 1 aromatic carbocycles. The summed E-state index contributed by atoms with van der Waals surface area (Å²) in [5.74, 6) is 1.35. The first-order valence-electron chi connectivity index (χ1n) is 10.2. The number of hydrogen-bond donors (Lipinski definition) is 1. The van der Waals surface area contributed by atoms with Crippen molar-refractivity contribution in [2.24, 2.45) is 11.3 Å². The second-order valence-corrected chi connectivity index (χ2v) is 8.47. The fraction of sp³-hybridized carbons (Fsp3) is 0.522. The van der Waals surface area contributed by atoms with Crippen LogP contribution >= 0.6 is 0 Å². The lowest BCUT2D eigenvalue weighted by molar-refractivity contribution is -0.117. The van der Waals surface area contributed by atoms with Crippen molar-refractivity contribution >= 4 is 11.6 Å². The molecule has 4 nitrogen and oxygen atoms in total. The molecule has 0 radical (unpaired) electrons. The number of aromatic nitrogens is 2. The van der Waals surface area contributed by atoms with Gasteiger partial charge in [-0.25, -0.2) is 14.4 Å². The Kier molecular flexibility index (Phi) is 6.42. The van der Waals surface area contributed by atoms with Gasteiger partial charge < -0.3 is 5.32 Å². The summed E-state index contributed by atoms with van der Waals surface area (Å²) in [5.41, 5.74) is 2.37. The molecule has 1 N–H and O–H groups in total. The standard InChI is InChI=1S/C14H14FN3O.C9H16/c1-9(10(2)19)18-14-7-13(16-8-17-14)11-3-5-12(15)6-4-11;1-8-3-2-4-9(7-8)5-6-9/h3-9H,1-2H3,(H,16,17,18);8H,2-7H2,1H3/t9-;/m1./s1. The highest BCUT2D eigenvalue weighted by Gasteiger charge is 2.44. The van der Waals surface area contributed by atoms with Crippen LogP contribution in [0.2, 0.25) is 0 Å². The van der Waals surface area contributed by atoms with Crippen molar-refractivity contribution in [3.8, 4) is 11.3 Å². The number of halogens is 1. The van der Waals surface area contributed by atoms with E-state index >= 15 is 0 Å². The van der Waals surface area contributed by atoms with E-state index in [0.717, 1.165) is 16.9 Å². The van der Waals surface area contributed by atoms with Gasteiger partial charge in [-0.2, -0.15) is 0 Å². The Labute approximate surface area is 167 Å². The Balaban J connectivity index is 0.000000206. The third kappa shape index (κ3) is 5.60. The molecule has 0 saturated heterocycles. The molecule has 0 aliphatic heterocycles. The van der Waals surface area contributed by atoms with Crippen LogP contribution in [-0.4, -0.2) is 21.8 Å². The van der Waals surface area contributed by atoms with E-state index in [1.165, 1.54) is 38.2 Å². The summed E-state index contributed by atoms with van der Waals surface area (Å²) in [6.45, 7) is 5.70. The average Bonchev–Trinajstić information content (AvgIpc) is 3.41. The molecule has 150 valence electrons. The molecule has 0 amide bonds. The van der Waals surface area contributed by atoms with E-state index < -0.39 is 0 Å². The van der Waals surface area contributed by atoms with Crippen LogP contribution in [0, 0.1) is 17.2 Å². The summed E-state index contributed by atoms with van der Waals surface area (Å²) in [7, 11) is 0. The molecule has 1 heterocycles. The molecule has 1 unspecified atom stereocenters. The minimum absolute atomic E-state index is 0.0296. The minimum atomic E-state index is -0.309. The molecule has 2 fully saturated rings. The first-order chi connectivity index (χ1) is 13.4. The van der Waals surface area contributed by atoms with Crippen molar-refractivity contribution in [2.45, 2.75) is 65.3 Å². The predicted molar refractivity (Wildman–Crippen MR) is 110 cm³/mol. The number of nitrogens with one attached hydrogen (secondary N) is 1. The quantitative estimate of drug-likeness (QED) is 0.741. The molecule has 4 rings (SSSR count). The summed E-state index contributed by atoms with van der Waals surface area (Å²) >= 11 is 0. The Hall–Kier alpha value is -2.30. The monoisotopic (exact) mass is 383 g/mol. The van der Waals surface area contributed by atoms with Crippen LogP contribution in [0.15, 0.2) is 36.7 Å².